The standard InChI is InChI=1S/C15H27N3O/c1-5-18(15(9-16)12(2)11-19-4)10-14-8-6-7-13(3)17-14/h6-8,12,15H,5,9-11,16H2,1-4H3. The molecule has 1 rings (SSSR count). The summed E-state index contributed by atoms with van der Waals surface area (Å²) in [6.07, 6.45) is 0. The number of methoxy groups -OCH3 is 1. The molecule has 0 saturated heterocycles. The van der Waals surface area contributed by atoms with E-state index in [4.69, 9.17) is 10.5 Å². The topological polar surface area (TPSA) is 51.4 Å². The molecule has 4 nitrogen and oxygen atoms in total. The van der Waals surface area contributed by atoms with Crippen molar-refractivity contribution in [3.05, 3.63) is 29.6 Å². The number of aromatic nitrogens is 1. The first-order valence-electron chi connectivity index (χ1n) is 6.97. The zero-order chi connectivity index (χ0) is 14.3. The van der Waals surface area contributed by atoms with E-state index in [1.165, 1.54) is 0 Å². The van der Waals surface area contributed by atoms with E-state index in [0.29, 0.717) is 18.5 Å². The van der Waals surface area contributed by atoms with E-state index in [0.717, 1.165) is 31.1 Å². The maximum Gasteiger partial charge on any atom is 0.0547 e. The van der Waals surface area contributed by atoms with Crippen LogP contribution in [0.1, 0.15) is 25.2 Å². The maximum atomic E-state index is 5.95. The predicted molar refractivity (Wildman–Crippen MR) is 78.9 cm³/mol. The minimum Gasteiger partial charge on any atom is -0.384 e. The van der Waals surface area contributed by atoms with Gasteiger partial charge in [0.1, 0.15) is 0 Å². The van der Waals surface area contributed by atoms with Gasteiger partial charge in [-0.3, -0.25) is 9.88 Å². The molecule has 0 aromatic carbocycles. The van der Waals surface area contributed by atoms with Gasteiger partial charge in [0, 0.05) is 31.9 Å². The Morgan fingerprint density at radius 3 is 2.68 bits per heavy atom. The molecule has 0 saturated carbocycles. The van der Waals surface area contributed by atoms with Crippen LogP contribution in [-0.4, -0.2) is 42.7 Å². The summed E-state index contributed by atoms with van der Waals surface area (Å²) < 4.78 is 5.25. The maximum absolute atomic E-state index is 5.95. The fraction of sp³-hybridized carbons (Fsp3) is 0.667. The first-order chi connectivity index (χ1) is 9.12. The second-order valence-electron chi connectivity index (χ2n) is 5.07. The number of aryl methyl sites for hydroxylation is 1. The second-order valence-corrected chi connectivity index (χ2v) is 5.07. The summed E-state index contributed by atoms with van der Waals surface area (Å²) >= 11 is 0. The normalized spacial score (nSPS) is 14.6. The van der Waals surface area contributed by atoms with Crippen LogP contribution in [0.3, 0.4) is 0 Å². The van der Waals surface area contributed by atoms with E-state index >= 15 is 0 Å². The molecule has 0 aliphatic carbocycles. The number of nitrogens with zero attached hydrogens (tertiary/aromatic N) is 2. The minimum absolute atomic E-state index is 0.326. The van der Waals surface area contributed by atoms with Gasteiger partial charge in [-0.05, 0) is 31.5 Å². The van der Waals surface area contributed by atoms with Gasteiger partial charge in [0.2, 0.25) is 0 Å². The molecule has 108 valence electrons. The molecule has 2 N–H and O–H groups in total. The van der Waals surface area contributed by atoms with Gasteiger partial charge in [-0.15, -0.1) is 0 Å². The van der Waals surface area contributed by atoms with Gasteiger partial charge in [-0.1, -0.05) is 19.9 Å². The Kier molecular flexibility index (Phi) is 6.99. The van der Waals surface area contributed by atoms with Crippen molar-refractivity contribution in [2.45, 2.75) is 33.4 Å². The number of hydrogen-bond acceptors (Lipinski definition) is 4. The zero-order valence-corrected chi connectivity index (χ0v) is 12.6. The third-order valence-electron chi connectivity index (χ3n) is 3.51. The van der Waals surface area contributed by atoms with Crippen molar-refractivity contribution in [2.75, 3.05) is 26.8 Å². The van der Waals surface area contributed by atoms with E-state index in [-0.39, 0.29) is 0 Å². The lowest BCUT2D eigenvalue weighted by atomic mass is 10.0. The van der Waals surface area contributed by atoms with Gasteiger partial charge in [-0.25, -0.2) is 0 Å². The summed E-state index contributed by atoms with van der Waals surface area (Å²) in [5, 5.41) is 0. The van der Waals surface area contributed by atoms with Crippen LogP contribution in [0.2, 0.25) is 0 Å². The van der Waals surface area contributed by atoms with Crippen LogP contribution in [0.25, 0.3) is 0 Å². The summed E-state index contributed by atoms with van der Waals surface area (Å²) in [4.78, 5) is 6.95. The van der Waals surface area contributed by atoms with Crippen LogP contribution in [0.5, 0.6) is 0 Å². The highest BCUT2D eigenvalue weighted by Gasteiger charge is 2.22. The van der Waals surface area contributed by atoms with Crippen LogP contribution < -0.4 is 5.73 Å². The molecule has 2 atom stereocenters. The van der Waals surface area contributed by atoms with E-state index in [1.54, 1.807) is 7.11 Å². The number of likely N-dealkylation sites (N-methyl/N-ethyl adjacent to an activating group) is 1. The zero-order valence-electron chi connectivity index (χ0n) is 12.6. The quantitative estimate of drug-likeness (QED) is 0.779. The summed E-state index contributed by atoms with van der Waals surface area (Å²) in [5.41, 5.74) is 8.11. The molecule has 0 spiro atoms. The Bertz CT molecular complexity index is 370. The molecule has 1 heterocycles. The SMILES string of the molecule is CCN(Cc1cccc(C)n1)C(CN)C(C)COC. The van der Waals surface area contributed by atoms with Crippen LogP contribution in [0.15, 0.2) is 18.2 Å². The molecule has 0 fully saturated rings. The molecule has 1 aromatic rings. The molecule has 1 aromatic heterocycles. The van der Waals surface area contributed by atoms with Crippen LogP contribution in [-0.2, 0) is 11.3 Å². The average molecular weight is 265 g/mol. The number of pyridine rings is 1. The Morgan fingerprint density at radius 2 is 2.16 bits per heavy atom. The van der Waals surface area contributed by atoms with Gasteiger partial charge in [0.05, 0.1) is 12.3 Å². The first-order valence-corrected chi connectivity index (χ1v) is 6.97. The molecular weight excluding hydrogens is 238 g/mol. The predicted octanol–water partition coefficient (Wildman–Crippen LogP) is 1.82. The third-order valence-corrected chi connectivity index (χ3v) is 3.51. The Balaban J connectivity index is 2.75. The summed E-state index contributed by atoms with van der Waals surface area (Å²) in [7, 11) is 1.74. The fourth-order valence-corrected chi connectivity index (χ4v) is 2.47. The van der Waals surface area contributed by atoms with Crippen LogP contribution >= 0.6 is 0 Å². The molecule has 0 radical (unpaired) electrons. The summed E-state index contributed by atoms with van der Waals surface area (Å²) in [5.74, 6) is 0.416. The fourth-order valence-electron chi connectivity index (χ4n) is 2.47. The van der Waals surface area contributed by atoms with Crippen LogP contribution in [0.4, 0.5) is 0 Å². The summed E-state index contributed by atoms with van der Waals surface area (Å²) in [6.45, 7) is 9.56. The molecule has 19 heavy (non-hydrogen) atoms. The molecule has 0 bridgehead atoms. The molecule has 2 unspecified atom stereocenters. The molecular formula is C15H27N3O. The second kappa shape index (κ2) is 8.25. The number of nitrogens with two attached hydrogens (primary N) is 1. The Hall–Kier alpha value is -0.970. The molecule has 0 aliphatic heterocycles. The largest absolute Gasteiger partial charge is 0.384 e. The van der Waals surface area contributed by atoms with Gasteiger partial charge in [-0.2, -0.15) is 0 Å². The summed E-state index contributed by atoms with van der Waals surface area (Å²) in [6, 6.07) is 6.48. The van der Waals surface area contributed by atoms with Crippen molar-refractivity contribution in [3.8, 4) is 0 Å². The van der Waals surface area contributed by atoms with Crippen molar-refractivity contribution in [1.82, 2.24) is 9.88 Å². The number of hydrogen-bond donors (Lipinski definition) is 1. The van der Waals surface area contributed by atoms with Crippen molar-refractivity contribution in [2.24, 2.45) is 11.7 Å². The lowest BCUT2D eigenvalue weighted by Crippen LogP contribution is -2.45. The van der Waals surface area contributed by atoms with Crippen molar-refractivity contribution in [1.29, 1.82) is 0 Å². The Morgan fingerprint density at radius 1 is 1.42 bits per heavy atom. The lowest BCUT2D eigenvalue weighted by Gasteiger charge is -2.33. The minimum atomic E-state index is 0.326. The highest BCUT2D eigenvalue weighted by molar-refractivity contribution is 5.10. The van der Waals surface area contributed by atoms with E-state index in [1.807, 2.05) is 13.0 Å². The third kappa shape index (κ3) is 4.90. The highest BCUT2D eigenvalue weighted by Crippen LogP contribution is 2.14. The van der Waals surface area contributed by atoms with Gasteiger partial charge < -0.3 is 10.5 Å². The van der Waals surface area contributed by atoms with Gasteiger partial charge in [0.15, 0.2) is 0 Å². The number of ether oxygens (including phenoxy) is 1. The molecule has 0 amide bonds. The Labute approximate surface area is 117 Å². The van der Waals surface area contributed by atoms with E-state index in [2.05, 4.69) is 35.9 Å². The monoisotopic (exact) mass is 265 g/mol. The molecule has 4 heteroatoms. The lowest BCUT2D eigenvalue weighted by molar-refractivity contribution is 0.0831. The van der Waals surface area contributed by atoms with Crippen molar-refractivity contribution in [3.63, 3.8) is 0 Å². The number of rotatable bonds is 8. The first kappa shape index (κ1) is 16.1. The van der Waals surface area contributed by atoms with Crippen LogP contribution in [0, 0.1) is 12.8 Å². The average Bonchev–Trinajstić information content (AvgIpc) is 2.38. The van der Waals surface area contributed by atoms with Gasteiger partial charge in [0.25, 0.3) is 0 Å². The van der Waals surface area contributed by atoms with Crippen molar-refractivity contribution < 1.29 is 4.74 Å². The van der Waals surface area contributed by atoms with Crippen molar-refractivity contribution >= 4 is 0 Å². The van der Waals surface area contributed by atoms with Gasteiger partial charge >= 0.3 is 0 Å². The highest BCUT2D eigenvalue weighted by atomic mass is 16.5. The van der Waals surface area contributed by atoms with E-state index in [9.17, 15) is 0 Å². The smallest absolute Gasteiger partial charge is 0.0547 e. The molecule has 0 aliphatic rings. The van der Waals surface area contributed by atoms with E-state index < -0.39 is 0 Å².